The SMILES string of the molecule is O=C(NC1CCOCC1)c1cc2ccc(-c3nccc(Nc4ccc5[nH]ncc5c4)n3)cc2[nH]1. The molecule has 1 saturated heterocycles. The molecule has 1 aliphatic heterocycles. The zero-order chi connectivity index (χ0) is 22.9. The van der Waals surface area contributed by atoms with E-state index in [0.717, 1.165) is 45.9 Å². The minimum absolute atomic E-state index is 0.0957. The predicted molar refractivity (Wildman–Crippen MR) is 130 cm³/mol. The van der Waals surface area contributed by atoms with Crippen molar-refractivity contribution in [1.82, 2.24) is 30.5 Å². The first-order valence-corrected chi connectivity index (χ1v) is 11.3. The summed E-state index contributed by atoms with van der Waals surface area (Å²) in [6, 6.07) is 15.7. The highest BCUT2D eigenvalue weighted by Gasteiger charge is 2.18. The maximum atomic E-state index is 12.7. The van der Waals surface area contributed by atoms with Crippen LogP contribution in [0.25, 0.3) is 33.2 Å². The molecular formula is C25H23N7O2. The van der Waals surface area contributed by atoms with Gasteiger partial charge in [-0.15, -0.1) is 0 Å². The highest BCUT2D eigenvalue weighted by atomic mass is 16.5. The molecule has 0 bridgehead atoms. The third kappa shape index (κ3) is 4.08. The second kappa shape index (κ2) is 8.60. The van der Waals surface area contributed by atoms with Crippen molar-refractivity contribution in [1.29, 1.82) is 0 Å². The van der Waals surface area contributed by atoms with E-state index in [4.69, 9.17) is 4.74 Å². The Balaban J connectivity index is 1.22. The van der Waals surface area contributed by atoms with E-state index in [-0.39, 0.29) is 11.9 Å². The van der Waals surface area contributed by atoms with E-state index < -0.39 is 0 Å². The molecule has 0 saturated carbocycles. The van der Waals surface area contributed by atoms with Crippen LogP contribution in [0.5, 0.6) is 0 Å². The fourth-order valence-electron chi connectivity index (χ4n) is 4.23. The van der Waals surface area contributed by atoms with E-state index in [1.807, 2.05) is 48.5 Å². The molecule has 5 aromatic rings. The average Bonchev–Trinajstić information content (AvgIpc) is 3.51. The molecule has 34 heavy (non-hydrogen) atoms. The first-order valence-electron chi connectivity index (χ1n) is 11.3. The second-order valence-corrected chi connectivity index (χ2v) is 8.41. The van der Waals surface area contributed by atoms with Gasteiger partial charge < -0.3 is 20.4 Å². The van der Waals surface area contributed by atoms with Crippen LogP contribution in [0.4, 0.5) is 11.5 Å². The van der Waals surface area contributed by atoms with Crippen LogP contribution < -0.4 is 10.6 Å². The number of nitrogens with one attached hydrogen (secondary N) is 4. The molecule has 4 heterocycles. The van der Waals surface area contributed by atoms with Gasteiger partial charge in [0.25, 0.3) is 5.91 Å². The average molecular weight is 454 g/mol. The molecule has 4 N–H and O–H groups in total. The normalized spacial score (nSPS) is 14.5. The second-order valence-electron chi connectivity index (χ2n) is 8.41. The van der Waals surface area contributed by atoms with Gasteiger partial charge in [0.2, 0.25) is 0 Å². The van der Waals surface area contributed by atoms with E-state index in [1.54, 1.807) is 12.4 Å². The van der Waals surface area contributed by atoms with Gasteiger partial charge in [-0.05, 0) is 49.2 Å². The number of H-pyrrole nitrogens is 2. The van der Waals surface area contributed by atoms with E-state index in [1.165, 1.54) is 0 Å². The van der Waals surface area contributed by atoms with Crippen LogP contribution in [0, 0.1) is 0 Å². The number of anilines is 2. The number of amides is 1. The van der Waals surface area contributed by atoms with Crippen molar-refractivity contribution in [3.8, 4) is 11.4 Å². The molecule has 0 unspecified atom stereocenters. The molecule has 0 radical (unpaired) electrons. The number of fused-ring (bicyclic) bond motifs is 2. The number of carbonyl (C=O) groups excluding carboxylic acids is 1. The van der Waals surface area contributed by atoms with Crippen LogP contribution in [0.15, 0.2) is 60.9 Å². The van der Waals surface area contributed by atoms with Gasteiger partial charge in [-0.3, -0.25) is 9.89 Å². The van der Waals surface area contributed by atoms with Crippen LogP contribution in [-0.2, 0) is 4.74 Å². The summed E-state index contributed by atoms with van der Waals surface area (Å²) in [6.07, 6.45) is 5.20. The van der Waals surface area contributed by atoms with Gasteiger partial charge in [-0.1, -0.05) is 12.1 Å². The topological polar surface area (TPSA) is 121 Å². The number of hydrogen-bond donors (Lipinski definition) is 4. The molecule has 1 fully saturated rings. The molecule has 6 rings (SSSR count). The molecule has 2 aromatic carbocycles. The summed E-state index contributed by atoms with van der Waals surface area (Å²) in [5, 5.41) is 15.4. The Hall–Kier alpha value is -4.24. The van der Waals surface area contributed by atoms with Gasteiger partial charge in [-0.2, -0.15) is 5.10 Å². The van der Waals surface area contributed by atoms with E-state index in [9.17, 15) is 4.79 Å². The van der Waals surface area contributed by atoms with Gasteiger partial charge in [0.1, 0.15) is 11.5 Å². The molecule has 1 amide bonds. The Bertz CT molecular complexity index is 1480. The standard InChI is InChI=1S/C25H23N7O2/c33-25(29-18-6-9-34-10-7-18)22-12-15-1-2-16(13-21(15)30-22)24-26-8-5-23(31-24)28-19-3-4-20-17(11-19)14-27-32-20/h1-5,8,11-14,18,30H,6-7,9-10H2,(H,27,32)(H,29,33)(H,26,28,31). The summed E-state index contributed by atoms with van der Waals surface area (Å²) in [7, 11) is 0. The summed E-state index contributed by atoms with van der Waals surface area (Å²) in [6.45, 7) is 1.37. The zero-order valence-electron chi connectivity index (χ0n) is 18.3. The summed E-state index contributed by atoms with van der Waals surface area (Å²) >= 11 is 0. The molecule has 0 atom stereocenters. The smallest absolute Gasteiger partial charge is 0.267 e. The van der Waals surface area contributed by atoms with Gasteiger partial charge in [-0.25, -0.2) is 9.97 Å². The van der Waals surface area contributed by atoms with E-state index >= 15 is 0 Å². The summed E-state index contributed by atoms with van der Waals surface area (Å²) < 4.78 is 5.37. The highest BCUT2D eigenvalue weighted by Crippen LogP contribution is 2.25. The van der Waals surface area contributed by atoms with Gasteiger partial charge >= 0.3 is 0 Å². The number of ether oxygens (including phenoxy) is 1. The van der Waals surface area contributed by atoms with Crippen molar-refractivity contribution in [3.05, 3.63) is 66.6 Å². The molecule has 9 heteroatoms. The lowest BCUT2D eigenvalue weighted by molar-refractivity contribution is 0.0694. The van der Waals surface area contributed by atoms with Crippen molar-refractivity contribution >= 4 is 39.2 Å². The summed E-state index contributed by atoms with van der Waals surface area (Å²) in [4.78, 5) is 25.1. The van der Waals surface area contributed by atoms with E-state index in [2.05, 4.69) is 35.8 Å². The Labute approximate surface area is 195 Å². The first kappa shape index (κ1) is 20.4. The third-order valence-electron chi connectivity index (χ3n) is 6.05. The largest absolute Gasteiger partial charge is 0.381 e. The minimum atomic E-state index is -0.0957. The number of aromatic amines is 2. The van der Waals surface area contributed by atoms with Crippen LogP contribution in [0.1, 0.15) is 23.3 Å². The van der Waals surface area contributed by atoms with Gasteiger partial charge in [0, 0.05) is 53.0 Å². The van der Waals surface area contributed by atoms with Crippen LogP contribution in [0.3, 0.4) is 0 Å². The molecule has 0 aliphatic carbocycles. The maximum Gasteiger partial charge on any atom is 0.267 e. The maximum absolute atomic E-state index is 12.7. The number of nitrogens with zero attached hydrogens (tertiary/aromatic N) is 3. The van der Waals surface area contributed by atoms with Gasteiger partial charge in [0.05, 0.1) is 11.7 Å². The van der Waals surface area contributed by atoms with Crippen LogP contribution in [0.2, 0.25) is 0 Å². The molecule has 0 spiro atoms. The minimum Gasteiger partial charge on any atom is -0.381 e. The van der Waals surface area contributed by atoms with Crippen LogP contribution in [-0.4, -0.2) is 50.3 Å². The molecule has 9 nitrogen and oxygen atoms in total. The Morgan fingerprint density at radius 2 is 1.91 bits per heavy atom. The number of carbonyl (C=O) groups is 1. The molecule has 1 aliphatic rings. The van der Waals surface area contributed by atoms with Crippen molar-refractivity contribution < 1.29 is 9.53 Å². The lowest BCUT2D eigenvalue weighted by atomic mass is 10.1. The molecular weight excluding hydrogens is 430 g/mol. The molecule has 170 valence electrons. The Kier molecular flexibility index (Phi) is 5.15. The van der Waals surface area contributed by atoms with Crippen molar-refractivity contribution in [3.63, 3.8) is 0 Å². The van der Waals surface area contributed by atoms with E-state index in [0.29, 0.717) is 30.5 Å². The quantitative estimate of drug-likeness (QED) is 0.317. The Morgan fingerprint density at radius 3 is 2.82 bits per heavy atom. The highest BCUT2D eigenvalue weighted by molar-refractivity contribution is 5.98. The summed E-state index contributed by atoms with van der Waals surface area (Å²) in [5.41, 5.74) is 4.17. The third-order valence-corrected chi connectivity index (χ3v) is 6.05. The predicted octanol–water partition coefficient (Wildman–Crippen LogP) is 4.15. The Morgan fingerprint density at radius 1 is 1.00 bits per heavy atom. The number of aromatic nitrogens is 5. The number of rotatable bonds is 5. The number of benzene rings is 2. The van der Waals surface area contributed by atoms with Gasteiger partial charge in [0.15, 0.2) is 5.82 Å². The van der Waals surface area contributed by atoms with Crippen LogP contribution >= 0.6 is 0 Å². The first-order chi connectivity index (χ1) is 16.7. The van der Waals surface area contributed by atoms with Crippen molar-refractivity contribution in [2.75, 3.05) is 18.5 Å². The van der Waals surface area contributed by atoms with Crippen molar-refractivity contribution in [2.24, 2.45) is 0 Å². The number of hydrogen-bond acceptors (Lipinski definition) is 6. The monoisotopic (exact) mass is 453 g/mol. The fourth-order valence-corrected chi connectivity index (χ4v) is 4.23. The zero-order valence-corrected chi connectivity index (χ0v) is 18.3. The lowest BCUT2D eigenvalue weighted by Gasteiger charge is -2.22. The van der Waals surface area contributed by atoms with Crippen molar-refractivity contribution in [2.45, 2.75) is 18.9 Å². The molecule has 3 aromatic heterocycles. The lowest BCUT2D eigenvalue weighted by Crippen LogP contribution is -2.39. The fraction of sp³-hybridized carbons (Fsp3) is 0.200. The summed E-state index contributed by atoms with van der Waals surface area (Å²) in [5.74, 6) is 1.19.